The summed E-state index contributed by atoms with van der Waals surface area (Å²) < 4.78 is 47.4. The minimum absolute atomic E-state index is 0.439. The van der Waals surface area contributed by atoms with Gasteiger partial charge in [0.2, 0.25) is 10.0 Å². The Hall–Kier alpha value is -0.670. The van der Waals surface area contributed by atoms with Gasteiger partial charge in [0.05, 0.1) is 17.4 Å². The monoisotopic (exact) mass is 299 g/mol. The molecule has 1 fully saturated rings. The first kappa shape index (κ1) is 15.4. The Kier molecular flexibility index (Phi) is 4.73. The summed E-state index contributed by atoms with van der Waals surface area (Å²) >= 11 is 0. The molecule has 1 rings (SSSR count). The molecule has 7 nitrogen and oxygen atoms in total. The van der Waals surface area contributed by atoms with Crippen LogP contribution in [0.1, 0.15) is 19.3 Å². The summed E-state index contributed by atoms with van der Waals surface area (Å²) in [4.78, 5) is 10.9. The Labute approximate surface area is 107 Å². The zero-order valence-electron chi connectivity index (χ0n) is 10.00. The van der Waals surface area contributed by atoms with Gasteiger partial charge in [-0.1, -0.05) is 6.42 Å². The summed E-state index contributed by atoms with van der Waals surface area (Å²) in [5.74, 6) is -2.75. The second-order valence-corrected chi connectivity index (χ2v) is 8.68. The zero-order valence-corrected chi connectivity index (χ0v) is 11.6. The van der Waals surface area contributed by atoms with Crippen LogP contribution >= 0.6 is 0 Å². The summed E-state index contributed by atoms with van der Waals surface area (Å²) in [6, 6.07) is -0.632. The molecule has 0 aromatic rings. The molecule has 0 amide bonds. The van der Waals surface area contributed by atoms with Crippen molar-refractivity contribution in [3.63, 3.8) is 0 Å². The minimum Gasteiger partial charge on any atom is -0.481 e. The molecule has 0 bridgehead atoms. The van der Waals surface area contributed by atoms with Crippen molar-refractivity contribution in [3.8, 4) is 0 Å². The summed E-state index contributed by atoms with van der Waals surface area (Å²) in [5.41, 5.74) is 0. The fraction of sp³-hybridized carbons (Fsp3) is 0.889. The van der Waals surface area contributed by atoms with Crippen molar-refractivity contribution in [2.45, 2.75) is 25.3 Å². The molecule has 1 aliphatic rings. The summed E-state index contributed by atoms with van der Waals surface area (Å²) in [6.07, 6.45) is 2.51. The van der Waals surface area contributed by atoms with Gasteiger partial charge in [-0.2, -0.15) is 0 Å². The van der Waals surface area contributed by atoms with E-state index in [2.05, 4.69) is 4.72 Å². The van der Waals surface area contributed by atoms with Gasteiger partial charge >= 0.3 is 5.97 Å². The van der Waals surface area contributed by atoms with E-state index in [1.807, 2.05) is 0 Å². The van der Waals surface area contributed by atoms with Crippen molar-refractivity contribution in [2.24, 2.45) is 5.92 Å². The molecular formula is C9H17NO6S2. The van der Waals surface area contributed by atoms with Gasteiger partial charge < -0.3 is 5.11 Å². The molecule has 0 radical (unpaired) electrons. The number of aliphatic carboxylic acids is 1. The van der Waals surface area contributed by atoms with Gasteiger partial charge in [0.25, 0.3) is 0 Å². The van der Waals surface area contributed by atoms with Crippen LogP contribution in [0.5, 0.6) is 0 Å². The van der Waals surface area contributed by atoms with Gasteiger partial charge in [-0.25, -0.2) is 21.6 Å². The standard InChI is InChI=1S/C9H17NO6S2/c1-17(13,14)5-6-18(15,16)10-8-4-2-3-7(8)9(11)12/h7-8,10H,2-6H2,1H3,(H,11,12). The smallest absolute Gasteiger partial charge is 0.308 e. The molecule has 2 atom stereocenters. The molecular weight excluding hydrogens is 282 g/mol. The highest BCUT2D eigenvalue weighted by molar-refractivity contribution is 7.93. The molecule has 106 valence electrons. The van der Waals surface area contributed by atoms with Gasteiger partial charge in [-0.15, -0.1) is 0 Å². The lowest BCUT2D eigenvalue weighted by Crippen LogP contribution is -2.42. The van der Waals surface area contributed by atoms with Crippen molar-refractivity contribution >= 4 is 25.8 Å². The van der Waals surface area contributed by atoms with E-state index in [-0.39, 0.29) is 0 Å². The number of sulfonamides is 1. The number of nitrogens with one attached hydrogen (secondary N) is 1. The zero-order chi connectivity index (χ0) is 14.0. The first-order valence-corrected chi connectivity index (χ1v) is 9.22. The molecule has 18 heavy (non-hydrogen) atoms. The SMILES string of the molecule is CS(=O)(=O)CCS(=O)(=O)NC1CCCC1C(=O)O. The Morgan fingerprint density at radius 2 is 1.83 bits per heavy atom. The number of carboxylic acids is 1. The van der Waals surface area contributed by atoms with Crippen LogP contribution in [0.4, 0.5) is 0 Å². The van der Waals surface area contributed by atoms with Crippen molar-refractivity contribution in [2.75, 3.05) is 17.8 Å². The maximum atomic E-state index is 11.6. The van der Waals surface area contributed by atoms with E-state index in [4.69, 9.17) is 5.11 Å². The van der Waals surface area contributed by atoms with Crippen LogP contribution in [0.25, 0.3) is 0 Å². The second-order valence-electron chi connectivity index (χ2n) is 4.55. The molecule has 0 saturated heterocycles. The average Bonchev–Trinajstić information content (AvgIpc) is 2.61. The fourth-order valence-corrected chi connectivity index (χ4v) is 4.90. The third-order valence-electron chi connectivity index (χ3n) is 2.89. The fourth-order valence-electron chi connectivity index (χ4n) is 1.95. The Morgan fingerprint density at radius 1 is 1.22 bits per heavy atom. The van der Waals surface area contributed by atoms with Crippen molar-refractivity contribution in [1.29, 1.82) is 0 Å². The maximum Gasteiger partial charge on any atom is 0.308 e. The lowest BCUT2D eigenvalue weighted by atomic mass is 10.1. The van der Waals surface area contributed by atoms with Crippen LogP contribution in [-0.4, -0.2) is 51.7 Å². The average molecular weight is 299 g/mol. The number of carbonyl (C=O) groups is 1. The van der Waals surface area contributed by atoms with Gasteiger partial charge in [-0.05, 0) is 12.8 Å². The number of hydrogen-bond donors (Lipinski definition) is 2. The predicted octanol–water partition coefficient (Wildman–Crippen LogP) is -0.796. The normalized spacial score (nSPS) is 25.2. The number of hydrogen-bond acceptors (Lipinski definition) is 5. The largest absolute Gasteiger partial charge is 0.481 e. The van der Waals surface area contributed by atoms with Gasteiger partial charge in [0, 0.05) is 12.3 Å². The Bertz CT molecular complexity index is 509. The second kappa shape index (κ2) is 5.54. The first-order chi connectivity index (χ1) is 8.11. The third-order valence-corrected chi connectivity index (χ3v) is 5.49. The lowest BCUT2D eigenvalue weighted by molar-refractivity contribution is -0.141. The van der Waals surface area contributed by atoms with Gasteiger partial charge in [0.1, 0.15) is 9.84 Å². The summed E-state index contributed by atoms with van der Waals surface area (Å²) in [6.45, 7) is 0. The van der Waals surface area contributed by atoms with E-state index in [0.717, 1.165) is 6.26 Å². The first-order valence-electron chi connectivity index (χ1n) is 5.51. The van der Waals surface area contributed by atoms with E-state index in [1.165, 1.54) is 0 Å². The maximum absolute atomic E-state index is 11.6. The molecule has 2 N–H and O–H groups in total. The molecule has 0 heterocycles. The summed E-state index contributed by atoms with van der Waals surface area (Å²) in [5, 5.41) is 8.91. The van der Waals surface area contributed by atoms with Crippen LogP contribution < -0.4 is 4.72 Å². The number of carboxylic acid groups (broad SMARTS) is 1. The van der Waals surface area contributed by atoms with Crippen molar-refractivity contribution < 1.29 is 26.7 Å². The van der Waals surface area contributed by atoms with Crippen LogP contribution in [0.3, 0.4) is 0 Å². The third kappa shape index (κ3) is 4.91. The van der Waals surface area contributed by atoms with Crippen molar-refractivity contribution in [3.05, 3.63) is 0 Å². The molecule has 0 spiro atoms. The molecule has 0 aromatic carbocycles. The van der Waals surface area contributed by atoms with Crippen LogP contribution in [0, 0.1) is 5.92 Å². The van der Waals surface area contributed by atoms with E-state index in [9.17, 15) is 21.6 Å². The van der Waals surface area contributed by atoms with E-state index >= 15 is 0 Å². The molecule has 0 aromatic heterocycles. The quantitative estimate of drug-likeness (QED) is 0.663. The summed E-state index contributed by atoms with van der Waals surface area (Å²) in [7, 11) is -7.11. The Morgan fingerprint density at radius 3 is 2.33 bits per heavy atom. The topological polar surface area (TPSA) is 118 Å². The minimum atomic E-state index is -3.76. The predicted molar refractivity (Wildman–Crippen MR) is 65.4 cm³/mol. The molecule has 2 unspecified atom stereocenters. The van der Waals surface area contributed by atoms with Gasteiger partial charge in [-0.3, -0.25) is 4.79 Å². The van der Waals surface area contributed by atoms with Crippen LogP contribution in [0.15, 0.2) is 0 Å². The highest BCUT2D eigenvalue weighted by Gasteiger charge is 2.35. The molecule has 1 aliphatic carbocycles. The van der Waals surface area contributed by atoms with Crippen molar-refractivity contribution in [1.82, 2.24) is 4.72 Å². The number of rotatable bonds is 6. The Balaban J connectivity index is 2.63. The molecule has 1 saturated carbocycles. The highest BCUT2D eigenvalue weighted by Crippen LogP contribution is 2.26. The van der Waals surface area contributed by atoms with Crippen LogP contribution in [0.2, 0.25) is 0 Å². The molecule has 0 aliphatic heterocycles. The van der Waals surface area contributed by atoms with Gasteiger partial charge in [0.15, 0.2) is 0 Å². The van der Waals surface area contributed by atoms with E-state index < -0.39 is 49.3 Å². The van der Waals surface area contributed by atoms with Crippen LogP contribution in [-0.2, 0) is 24.7 Å². The van der Waals surface area contributed by atoms with E-state index in [1.54, 1.807) is 0 Å². The number of sulfone groups is 1. The lowest BCUT2D eigenvalue weighted by Gasteiger charge is -2.17. The molecule has 9 heteroatoms. The highest BCUT2D eigenvalue weighted by atomic mass is 32.2. The van der Waals surface area contributed by atoms with E-state index in [0.29, 0.717) is 19.3 Å².